The van der Waals surface area contributed by atoms with E-state index >= 15 is 0 Å². The second kappa shape index (κ2) is 9.15. The molecule has 1 saturated carbocycles. The maximum atomic E-state index is 12.7. The van der Waals surface area contributed by atoms with Gasteiger partial charge in [-0.25, -0.2) is 0 Å². The number of hydrogen-bond donors (Lipinski definition) is 3. The number of nitrogens with one attached hydrogen (secondary N) is 2. The minimum Gasteiger partial charge on any atom is -0.493 e. The van der Waals surface area contributed by atoms with Crippen molar-refractivity contribution in [1.82, 2.24) is 10.3 Å². The lowest BCUT2D eigenvalue weighted by molar-refractivity contribution is -0.137. The number of anilines is 1. The molecule has 0 unspecified atom stereocenters. The number of hydrogen-bond acceptors (Lipinski definition) is 3. The number of aromatic hydroxyl groups is 1. The van der Waals surface area contributed by atoms with Gasteiger partial charge in [-0.3, -0.25) is 4.79 Å². The standard InChI is InChI=1S/C21H23F3N4O2/c1-13-5-11-16(12-6-13)25-20(27-17-3-2-4-18(29)26-17)28-19(30)14-7-9-15(10-8-14)21(22,23)24/h2-4,7-10,13,16H,5-6,11-12H2,1H3,(H3,25,26,27,28,29,30). The van der Waals surface area contributed by atoms with Crippen LogP contribution in [0.4, 0.5) is 19.0 Å². The van der Waals surface area contributed by atoms with Crippen LogP contribution < -0.4 is 10.6 Å². The molecule has 0 aliphatic heterocycles. The van der Waals surface area contributed by atoms with Crippen molar-refractivity contribution in [2.75, 3.05) is 5.32 Å². The van der Waals surface area contributed by atoms with Crippen LogP contribution >= 0.6 is 0 Å². The van der Waals surface area contributed by atoms with E-state index in [1.165, 1.54) is 6.07 Å². The number of carbonyl (C=O) groups excluding carboxylic acids is 1. The normalized spacial score (nSPS) is 19.9. The summed E-state index contributed by atoms with van der Waals surface area (Å²) in [6.45, 7) is 2.19. The summed E-state index contributed by atoms with van der Waals surface area (Å²) in [6, 6.07) is 8.59. The van der Waals surface area contributed by atoms with Crippen molar-refractivity contribution in [1.29, 1.82) is 0 Å². The first kappa shape index (κ1) is 21.6. The van der Waals surface area contributed by atoms with Gasteiger partial charge in [-0.1, -0.05) is 13.0 Å². The number of carbonyl (C=O) groups is 1. The zero-order valence-electron chi connectivity index (χ0n) is 16.4. The van der Waals surface area contributed by atoms with Crippen LogP contribution in [0, 0.1) is 5.92 Å². The molecule has 160 valence electrons. The molecule has 30 heavy (non-hydrogen) atoms. The monoisotopic (exact) mass is 420 g/mol. The Labute approximate surface area is 172 Å². The molecule has 1 aromatic heterocycles. The third kappa shape index (κ3) is 5.95. The number of benzene rings is 1. The van der Waals surface area contributed by atoms with E-state index in [2.05, 4.69) is 27.5 Å². The minimum atomic E-state index is -4.47. The molecule has 0 radical (unpaired) electrons. The van der Waals surface area contributed by atoms with E-state index in [9.17, 15) is 23.1 Å². The summed E-state index contributed by atoms with van der Waals surface area (Å²) in [4.78, 5) is 20.5. The number of amides is 1. The first-order valence-corrected chi connectivity index (χ1v) is 9.70. The van der Waals surface area contributed by atoms with Crippen LogP contribution in [0.1, 0.15) is 48.5 Å². The first-order valence-electron chi connectivity index (χ1n) is 9.70. The van der Waals surface area contributed by atoms with Gasteiger partial charge in [-0.2, -0.15) is 23.1 Å². The third-order valence-electron chi connectivity index (χ3n) is 5.01. The molecular formula is C21H23F3N4O2. The smallest absolute Gasteiger partial charge is 0.416 e. The fourth-order valence-corrected chi connectivity index (χ4v) is 3.28. The third-order valence-corrected chi connectivity index (χ3v) is 5.01. The maximum Gasteiger partial charge on any atom is 0.416 e. The molecule has 1 amide bonds. The number of nitrogens with zero attached hydrogens (tertiary/aromatic N) is 2. The topological polar surface area (TPSA) is 86.6 Å². The molecule has 0 spiro atoms. The van der Waals surface area contributed by atoms with Crippen molar-refractivity contribution in [3.8, 4) is 5.88 Å². The van der Waals surface area contributed by atoms with E-state index < -0.39 is 17.6 Å². The van der Waals surface area contributed by atoms with E-state index in [0.29, 0.717) is 5.92 Å². The molecule has 0 saturated heterocycles. The van der Waals surface area contributed by atoms with Crippen molar-refractivity contribution in [2.45, 2.75) is 44.8 Å². The molecule has 9 heteroatoms. The number of alkyl halides is 3. The second-order valence-electron chi connectivity index (χ2n) is 7.45. The van der Waals surface area contributed by atoms with Gasteiger partial charge >= 0.3 is 6.18 Å². The summed E-state index contributed by atoms with van der Waals surface area (Å²) in [5.74, 6) is 0.170. The lowest BCUT2D eigenvalue weighted by Crippen LogP contribution is -2.41. The first-order chi connectivity index (χ1) is 14.2. The highest BCUT2D eigenvalue weighted by molar-refractivity contribution is 6.06. The molecule has 2 aromatic rings. The molecule has 6 nitrogen and oxygen atoms in total. The molecule has 0 atom stereocenters. The van der Waals surface area contributed by atoms with Gasteiger partial charge in [0, 0.05) is 17.7 Å². The highest BCUT2D eigenvalue weighted by Gasteiger charge is 2.30. The molecular weight excluding hydrogens is 397 g/mol. The van der Waals surface area contributed by atoms with Gasteiger partial charge in [-0.15, -0.1) is 0 Å². The Bertz CT molecular complexity index is 905. The Morgan fingerprint density at radius 1 is 1.10 bits per heavy atom. The van der Waals surface area contributed by atoms with Gasteiger partial charge in [0.15, 0.2) is 0 Å². The Hall–Kier alpha value is -3.10. The maximum absolute atomic E-state index is 12.7. The minimum absolute atomic E-state index is 0.0326. The predicted octanol–water partition coefficient (Wildman–Crippen LogP) is 4.58. The Kier molecular flexibility index (Phi) is 6.59. The predicted molar refractivity (Wildman–Crippen MR) is 107 cm³/mol. The Morgan fingerprint density at radius 2 is 1.77 bits per heavy atom. The number of pyridine rings is 1. The lowest BCUT2D eigenvalue weighted by atomic mass is 9.87. The number of guanidine groups is 1. The summed E-state index contributed by atoms with van der Waals surface area (Å²) in [7, 11) is 0. The Balaban J connectivity index is 1.80. The van der Waals surface area contributed by atoms with Crippen LogP contribution in [0.15, 0.2) is 47.5 Å². The van der Waals surface area contributed by atoms with Crippen molar-refractivity contribution in [3.63, 3.8) is 0 Å². The van der Waals surface area contributed by atoms with Crippen molar-refractivity contribution in [2.24, 2.45) is 10.9 Å². The van der Waals surface area contributed by atoms with Crippen LogP contribution in [-0.4, -0.2) is 28.0 Å². The molecule has 1 fully saturated rings. The van der Waals surface area contributed by atoms with Gasteiger partial charge in [0.2, 0.25) is 11.8 Å². The zero-order valence-corrected chi connectivity index (χ0v) is 16.4. The molecule has 3 N–H and O–H groups in total. The van der Waals surface area contributed by atoms with Crippen molar-refractivity contribution >= 4 is 17.7 Å². The van der Waals surface area contributed by atoms with Crippen LogP contribution in [-0.2, 0) is 6.18 Å². The largest absolute Gasteiger partial charge is 0.493 e. The summed E-state index contributed by atoms with van der Waals surface area (Å²) in [6.07, 6.45) is -0.573. The number of rotatable bonds is 3. The Morgan fingerprint density at radius 3 is 2.37 bits per heavy atom. The number of aliphatic imine (C=N–C) groups is 1. The average Bonchev–Trinajstić information content (AvgIpc) is 2.69. The van der Waals surface area contributed by atoms with Crippen LogP contribution in [0.25, 0.3) is 0 Å². The van der Waals surface area contributed by atoms with E-state index in [0.717, 1.165) is 49.9 Å². The highest BCUT2D eigenvalue weighted by Crippen LogP contribution is 2.29. The highest BCUT2D eigenvalue weighted by atomic mass is 19.4. The zero-order chi connectivity index (χ0) is 21.7. The molecule has 3 rings (SSSR count). The van der Waals surface area contributed by atoms with Crippen molar-refractivity contribution < 1.29 is 23.1 Å². The fraction of sp³-hybridized carbons (Fsp3) is 0.381. The van der Waals surface area contributed by atoms with Gasteiger partial charge < -0.3 is 15.7 Å². The summed E-state index contributed by atoms with van der Waals surface area (Å²) in [5, 5.41) is 15.6. The molecule has 1 heterocycles. The number of halogens is 3. The summed E-state index contributed by atoms with van der Waals surface area (Å²) < 4.78 is 38.2. The molecule has 1 aromatic carbocycles. The average molecular weight is 420 g/mol. The molecule has 0 bridgehead atoms. The fourth-order valence-electron chi connectivity index (χ4n) is 3.28. The van der Waals surface area contributed by atoms with Crippen LogP contribution in [0.2, 0.25) is 0 Å². The SMILES string of the molecule is CC1CCC(N/C(=N/C(=O)c2ccc(C(F)(F)F)cc2)Nc2cccc(O)n2)CC1. The van der Waals surface area contributed by atoms with Gasteiger partial charge in [0.05, 0.1) is 5.56 Å². The lowest BCUT2D eigenvalue weighted by Gasteiger charge is -2.28. The molecule has 1 aliphatic carbocycles. The van der Waals surface area contributed by atoms with E-state index in [1.807, 2.05) is 0 Å². The van der Waals surface area contributed by atoms with Crippen molar-refractivity contribution in [3.05, 3.63) is 53.6 Å². The van der Waals surface area contributed by atoms with Crippen LogP contribution in [0.3, 0.4) is 0 Å². The number of aromatic nitrogens is 1. The van der Waals surface area contributed by atoms with E-state index in [1.54, 1.807) is 12.1 Å². The second-order valence-corrected chi connectivity index (χ2v) is 7.45. The summed E-state index contributed by atoms with van der Waals surface area (Å²) >= 11 is 0. The van der Waals surface area contributed by atoms with Gasteiger partial charge in [0.1, 0.15) is 5.82 Å². The van der Waals surface area contributed by atoms with E-state index in [4.69, 9.17) is 0 Å². The summed E-state index contributed by atoms with van der Waals surface area (Å²) in [5.41, 5.74) is -0.801. The van der Waals surface area contributed by atoms with Crippen LogP contribution in [0.5, 0.6) is 5.88 Å². The van der Waals surface area contributed by atoms with E-state index in [-0.39, 0.29) is 29.3 Å². The molecule has 1 aliphatic rings. The quantitative estimate of drug-likeness (QED) is 0.500. The van der Waals surface area contributed by atoms with Gasteiger partial charge in [-0.05, 0) is 61.9 Å². The van der Waals surface area contributed by atoms with Gasteiger partial charge in [0.25, 0.3) is 5.91 Å².